The standard InChI is InChI=1S/C19H22N2O3/c1-13(14-11-20-12-14)19(22)21-15-6-8-16(9-7-15)24-18-5-3-4-17(10-18)23-2/h3-10,13-14,20H,11-12H2,1-2H3,(H,21,22). The minimum absolute atomic E-state index is 0.0129. The highest BCUT2D eigenvalue weighted by atomic mass is 16.5. The number of benzene rings is 2. The van der Waals surface area contributed by atoms with Crippen LogP contribution in [0.15, 0.2) is 48.5 Å². The Morgan fingerprint density at radius 2 is 1.83 bits per heavy atom. The van der Waals surface area contributed by atoms with E-state index in [9.17, 15) is 4.79 Å². The van der Waals surface area contributed by atoms with E-state index < -0.39 is 0 Å². The molecule has 0 bridgehead atoms. The molecule has 126 valence electrons. The number of carbonyl (C=O) groups excluding carboxylic acids is 1. The SMILES string of the molecule is COc1cccc(Oc2ccc(NC(=O)C(C)C3CNC3)cc2)c1. The predicted molar refractivity (Wildman–Crippen MR) is 93.7 cm³/mol. The van der Waals surface area contributed by atoms with Crippen LogP contribution in [0.4, 0.5) is 5.69 Å². The van der Waals surface area contributed by atoms with E-state index in [1.165, 1.54) is 0 Å². The number of ether oxygens (including phenoxy) is 2. The van der Waals surface area contributed by atoms with Crippen LogP contribution in [-0.2, 0) is 4.79 Å². The van der Waals surface area contributed by atoms with Gasteiger partial charge in [-0.1, -0.05) is 13.0 Å². The molecule has 1 saturated heterocycles. The number of rotatable bonds is 6. The zero-order valence-electron chi connectivity index (χ0n) is 13.9. The molecule has 5 nitrogen and oxygen atoms in total. The van der Waals surface area contributed by atoms with Crippen LogP contribution in [0, 0.1) is 11.8 Å². The fraction of sp³-hybridized carbons (Fsp3) is 0.316. The van der Waals surface area contributed by atoms with Gasteiger partial charge in [-0.25, -0.2) is 0 Å². The summed E-state index contributed by atoms with van der Waals surface area (Å²) < 4.78 is 11.0. The first kappa shape index (κ1) is 16.3. The van der Waals surface area contributed by atoms with E-state index in [2.05, 4.69) is 10.6 Å². The number of amides is 1. The lowest BCUT2D eigenvalue weighted by Crippen LogP contribution is -2.48. The molecule has 1 atom stereocenters. The van der Waals surface area contributed by atoms with Gasteiger partial charge in [0.2, 0.25) is 5.91 Å². The maximum Gasteiger partial charge on any atom is 0.227 e. The molecule has 1 aliphatic heterocycles. The van der Waals surface area contributed by atoms with Gasteiger partial charge in [-0.15, -0.1) is 0 Å². The van der Waals surface area contributed by atoms with Crippen LogP contribution in [0.3, 0.4) is 0 Å². The Bertz CT molecular complexity index is 696. The quantitative estimate of drug-likeness (QED) is 0.855. The molecule has 0 aliphatic carbocycles. The molecule has 2 N–H and O–H groups in total. The summed E-state index contributed by atoms with van der Waals surface area (Å²) in [5.41, 5.74) is 0.775. The zero-order chi connectivity index (χ0) is 16.9. The Morgan fingerprint density at radius 3 is 2.46 bits per heavy atom. The van der Waals surface area contributed by atoms with Crippen molar-refractivity contribution in [2.45, 2.75) is 6.92 Å². The van der Waals surface area contributed by atoms with Gasteiger partial charge in [0.25, 0.3) is 0 Å². The van der Waals surface area contributed by atoms with Gasteiger partial charge >= 0.3 is 0 Å². The zero-order valence-corrected chi connectivity index (χ0v) is 13.9. The molecular weight excluding hydrogens is 304 g/mol. The van der Waals surface area contributed by atoms with Crippen molar-refractivity contribution < 1.29 is 14.3 Å². The van der Waals surface area contributed by atoms with Crippen molar-refractivity contribution in [3.05, 3.63) is 48.5 Å². The summed E-state index contributed by atoms with van der Waals surface area (Å²) >= 11 is 0. The van der Waals surface area contributed by atoms with E-state index in [1.807, 2.05) is 55.5 Å². The van der Waals surface area contributed by atoms with Crippen molar-refractivity contribution in [2.75, 3.05) is 25.5 Å². The van der Waals surface area contributed by atoms with Crippen molar-refractivity contribution in [2.24, 2.45) is 11.8 Å². The fourth-order valence-corrected chi connectivity index (χ4v) is 2.54. The molecule has 2 aromatic rings. The average Bonchev–Trinajstić information content (AvgIpc) is 2.55. The van der Waals surface area contributed by atoms with E-state index in [0.717, 1.165) is 24.5 Å². The molecule has 1 heterocycles. The first-order chi connectivity index (χ1) is 11.7. The lowest BCUT2D eigenvalue weighted by molar-refractivity contribution is -0.121. The van der Waals surface area contributed by atoms with Crippen LogP contribution in [-0.4, -0.2) is 26.1 Å². The van der Waals surface area contributed by atoms with Crippen molar-refractivity contribution in [3.8, 4) is 17.2 Å². The summed E-state index contributed by atoms with van der Waals surface area (Å²) in [5.74, 6) is 2.66. The fourth-order valence-electron chi connectivity index (χ4n) is 2.54. The van der Waals surface area contributed by atoms with Crippen LogP contribution in [0.1, 0.15) is 6.92 Å². The molecule has 0 saturated carbocycles. The maximum atomic E-state index is 12.2. The molecule has 2 aromatic carbocycles. The molecule has 1 amide bonds. The highest BCUT2D eigenvalue weighted by Crippen LogP contribution is 2.26. The minimum Gasteiger partial charge on any atom is -0.497 e. The van der Waals surface area contributed by atoms with Gasteiger partial charge in [0.1, 0.15) is 17.2 Å². The molecule has 1 fully saturated rings. The Hall–Kier alpha value is -2.53. The molecule has 3 rings (SSSR count). The first-order valence-corrected chi connectivity index (χ1v) is 8.09. The molecule has 0 spiro atoms. The molecule has 0 radical (unpaired) electrons. The number of hydrogen-bond acceptors (Lipinski definition) is 4. The number of carbonyl (C=O) groups is 1. The van der Waals surface area contributed by atoms with Crippen LogP contribution < -0.4 is 20.1 Å². The molecule has 0 aromatic heterocycles. The van der Waals surface area contributed by atoms with Gasteiger partial charge in [0.05, 0.1) is 7.11 Å². The van der Waals surface area contributed by atoms with Gasteiger partial charge < -0.3 is 20.1 Å². The summed E-state index contributed by atoms with van der Waals surface area (Å²) in [4.78, 5) is 12.2. The molecular formula is C19H22N2O3. The largest absolute Gasteiger partial charge is 0.497 e. The van der Waals surface area contributed by atoms with Gasteiger partial charge in [-0.05, 0) is 55.4 Å². The maximum absolute atomic E-state index is 12.2. The van der Waals surface area contributed by atoms with E-state index in [1.54, 1.807) is 7.11 Å². The highest BCUT2D eigenvalue weighted by Gasteiger charge is 2.28. The number of nitrogens with one attached hydrogen (secondary N) is 2. The molecule has 1 unspecified atom stereocenters. The summed E-state index contributed by atoms with van der Waals surface area (Å²) in [6.45, 7) is 3.81. The van der Waals surface area contributed by atoms with E-state index in [-0.39, 0.29) is 11.8 Å². The second kappa shape index (κ2) is 7.36. The summed E-state index contributed by atoms with van der Waals surface area (Å²) in [5, 5.41) is 6.15. The van der Waals surface area contributed by atoms with Crippen LogP contribution >= 0.6 is 0 Å². The Balaban J connectivity index is 1.59. The number of hydrogen-bond donors (Lipinski definition) is 2. The van der Waals surface area contributed by atoms with Gasteiger partial charge in [-0.3, -0.25) is 4.79 Å². The monoisotopic (exact) mass is 326 g/mol. The van der Waals surface area contributed by atoms with Crippen LogP contribution in [0.2, 0.25) is 0 Å². The third kappa shape index (κ3) is 3.86. The van der Waals surface area contributed by atoms with E-state index in [0.29, 0.717) is 17.4 Å². The lowest BCUT2D eigenvalue weighted by Gasteiger charge is -2.31. The summed E-state index contributed by atoms with van der Waals surface area (Å²) in [6.07, 6.45) is 0. The average molecular weight is 326 g/mol. The molecule has 1 aliphatic rings. The van der Waals surface area contributed by atoms with E-state index in [4.69, 9.17) is 9.47 Å². The van der Waals surface area contributed by atoms with Crippen LogP contribution in [0.5, 0.6) is 17.2 Å². The number of methoxy groups -OCH3 is 1. The normalized spacial score (nSPS) is 15.2. The summed E-state index contributed by atoms with van der Waals surface area (Å²) in [7, 11) is 1.62. The highest BCUT2D eigenvalue weighted by molar-refractivity contribution is 5.92. The molecule has 5 heteroatoms. The minimum atomic E-state index is 0.0129. The topological polar surface area (TPSA) is 59.6 Å². The van der Waals surface area contributed by atoms with Crippen molar-refractivity contribution in [1.82, 2.24) is 5.32 Å². The third-order valence-corrected chi connectivity index (χ3v) is 4.33. The van der Waals surface area contributed by atoms with E-state index >= 15 is 0 Å². The number of anilines is 1. The first-order valence-electron chi connectivity index (χ1n) is 8.09. The Morgan fingerprint density at radius 1 is 1.12 bits per heavy atom. The van der Waals surface area contributed by atoms with Crippen molar-refractivity contribution in [1.29, 1.82) is 0 Å². The smallest absolute Gasteiger partial charge is 0.227 e. The van der Waals surface area contributed by atoms with Gasteiger partial charge in [-0.2, -0.15) is 0 Å². The Labute approximate surface area is 142 Å². The van der Waals surface area contributed by atoms with Gasteiger partial charge in [0.15, 0.2) is 0 Å². The Kier molecular flexibility index (Phi) is 5.01. The third-order valence-electron chi connectivity index (χ3n) is 4.33. The van der Waals surface area contributed by atoms with Crippen molar-refractivity contribution in [3.63, 3.8) is 0 Å². The predicted octanol–water partition coefficient (Wildman–Crippen LogP) is 3.28. The van der Waals surface area contributed by atoms with Crippen LogP contribution in [0.25, 0.3) is 0 Å². The molecule has 24 heavy (non-hydrogen) atoms. The summed E-state index contributed by atoms with van der Waals surface area (Å²) in [6, 6.07) is 14.8. The second-order valence-electron chi connectivity index (χ2n) is 6.00. The van der Waals surface area contributed by atoms with Crippen molar-refractivity contribution >= 4 is 11.6 Å². The second-order valence-corrected chi connectivity index (χ2v) is 6.00. The van der Waals surface area contributed by atoms with Gasteiger partial charge in [0, 0.05) is 17.7 Å². The lowest BCUT2D eigenvalue weighted by atomic mass is 9.88.